The molecule has 0 radical (unpaired) electrons. The van der Waals surface area contributed by atoms with Crippen molar-refractivity contribution in [1.29, 1.82) is 0 Å². The summed E-state index contributed by atoms with van der Waals surface area (Å²) in [5.41, 5.74) is 1.87. The van der Waals surface area contributed by atoms with Crippen LogP contribution in [0.1, 0.15) is 48.9 Å². The zero-order chi connectivity index (χ0) is 23.4. The van der Waals surface area contributed by atoms with E-state index < -0.39 is 16.9 Å². The molecule has 7 nitrogen and oxygen atoms in total. The molecule has 0 saturated carbocycles. The van der Waals surface area contributed by atoms with Crippen LogP contribution in [0.4, 0.5) is 4.39 Å². The molecule has 2 heterocycles. The third kappa shape index (κ3) is 5.39. The molecule has 0 aliphatic carbocycles. The minimum absolute atomic E-state index is 0.00942. The average Bonchev–Trinajstić information content (AvgIpc) is 3.17. The smallest absolute Gasteiger partial charge is 0.272 e. The number of H-pyrrole nitrogens is 2. The number of allylic oxidation sites excluding steroid dienone is 1. The van der Waals surface area contributed by atoms with E-state index in [9.17, 15) is 14.0 Å². The van der Waals surface area contributed by atoms with Gasteiger partial charge in [-0.15, -0.1) is 0 Å². The SMILES string of the molecule is C=C(C)c1ocnc1/C=c1\[nH]c(=O)/c(=C/c2cc(F)cc(COCC(C)C)c2C)[nH]c1=O. The maximum absolute atomic E-state index is 14.2. The lowest BCUT2D eigenvalue weighted by molar-refractivity contribution is 0.0965. The fourth-order valence-electron chi connectivity index (χ4n) is 3.13. The highest BCUT2D eigenvalue weighted by Gasteiger charge is 2.09. The summed E-state index contributed by atoms with van der Waals surface area (Å²) in [5, 5.41) is 0.0254. The van der Waals surface area contributed by atoms with E-state index in [1.807, 2.05) is 20.8 Å². The third-order valence-corrected chi connectivity index (χ3v) is 4.78. The predicted molar refractivity (Wildman–Crippen MR) is 121 cm³/mol. The zero-order valence-electron chi connectivity index (χ0n) is 18.5. The zero-order valence-corrected chi connectivity index (χ0v) is 18.5. The van der Waals surface area contributed by atoms with Crippen LogP contribution >= 0.6 is 0 Å². The van der Waals surface area contributed by atoms with Crippen LogP contribution in [0.2, 0.25) is 0 Å². The van der Waals surface area contributed by atoms with E-state index in [4.69, 9.17) is 9.15 Å². The molecule has 0 aliphatic heterocycles. The first kappa shape index (κ1) is 23.1. The van der Waals surface area contributed by atoms with Gasteiger partial charge in [0.05, 0.1) is 6.61 Å². The Labute approximate surface area is 184 Å². The number of halogens is 1. The molecule has 2 aromatic heterocycles. The number of nitrogens with zero attached hydrogens (tertiary/aromatic N) is 1. The maximum atomic E-state index is 14.2. The Morgan fingerprint density at radius 2 is 1.88 bits per heavy atom. The summed E-state index contributed by atoms with van der Waals surface area (Å²) >= 11 is 0. The van der Waals surface area contributed by atoms with Crippen LogP contribution in [0.15, 0.2) is 39.1 Å². The highest BCUT2D eigenvalue weighted by molar-refractivity contribution is 5.65. The minimum atomic E-state index is -0.530. The summed E-state index contributed by atoms with van der Waals surface area (Å²) < 4.78 is 25.1. The number of aromatic amines is 2. The Morgan fingerprint density at radius 1 is 1.22 bits per heavy atom. The second kappa shape index (κ2) is 9.74. The molecule has 3 aromatic rings. The summed E-state index contributed by atoms with van der Waals surface area (Å²) in [7, 11) is 0. The Hall–Kier alpha value is -3.52. The number of aromatic nitrogens is 3. The molecule has 1 aromatic carbocycles. The van der Waals surface area contributed by atoms with Gasteiger partial charge in [-0.25, -0.2) is 9.37 Å². The minimum Gasteiger partial charge on any atom is -0.443 e. The van der Waals surface area contributed by atoms with Gasteiger partial charge in [0.2, 0.25) is 0 Å². The molecule has 3 rings (SSSR count). The number of nitrogens with one attached hydrogen (secondary N) is 2. The molecule has 2 N–H and O–H groups in total. The quantitative estimate of drug-likeness (QED) is 0.589. The van der Waals surface area contributed by atoms with Crippen LogP contribution in [0.25, 0.3) is 17.7 Å². The lowest BCUT2D eigenvalue weighted by Crippen LogP contribution is -2.46. The standard InChI is InChI=1S/C24H26FN3O4/c1-13(2)10-31-11-17-7-18(25)6-16(15(17)5)8-20-23(29)28-21(24(30)27-20)9-19-22(14(3)4)32-12-26-19/h6-9,12-13H,3,10-11H2,1-2,4-5H3,(H,27,30)(H,28,29)/b20-8-,21-9-. The van der Waals surface area contributed by atoms with E-state index in [2.05, 4.69) is 21.5 Å². The number of ether oxygens (including phenoxy) is 1. The van der Waals surface area contributed by atoms with Crippen molar-refractivity contribution in [2.45, 2.75) is 34.3 Å². The van der Waals surface area contributed by atoms with Crippen LogP contribution in [0.5, 0.6) is 0 Å². The number of rotatable bonds is 7. The molecule has 8 heteroatoms. The van der Waals surface area contributed by atoms with Gasteiger partial charge in [-0.2, -0.15) is 0 Å². The Bertz CT molecular complexity index is 1380. The van der Waals surface area contributed by atoms with Crippen LogP contribution < -0.4 is 21.8 Å². The van der Waals surface area contributed by atoms with Crippen LogP contribution in [0.3, 0.4) is 0 Å². The summed E-state index contributed by atoms with van der Waals surface area (Å²) in [6.45, 7) is 12.2. The average molecular weight is 439 g/mol. The molecule has 0 amide bonds. The molecule has 32 heavy (non-hydrogen) atoms. The van der Waals surface area contributed by atoms with Gasteiger partial charge in [0.1, 0.15) is 22.2 Å². The predicted octanol–water partition coefficient (Wildman–Crippen LogP) is 2.36. The fourth-order valence-corrected chi connectivity index (χ4v) is 3.13. The largest absolute Gasteiger partial charge is 0.443 e. The van der Waals surface area contributed by atoms with Crippen molar-refractivity contribution in [2.24, 2.45) is 5.92 Å². The Morgan fingerprint density at radius 3 is 2.50 bits per heavy atom. The molecule has 0 aliphatic rings. The number of hydrogen-bond donors (Lipinski definition) is 2. The van der Waals surface area contributed by atoms with Crippen LogP contribution in [0, 0.1) is 18.7 Å². The Kier molecular flexibility index (Phi) is 7.05. The molecule has 0 fully saturated rings. The molecule has 168 valence electrons. The van der Waals surface area contributed by atoms with E-state index in [0.29, 0.717) is 40.7 Å². The van der Waals surface area contributed by atoms with Crippen molar-refractivity contribution in [2.75, 3.05) is 6.61 Å². The van der Waals surface area contributed by atoms with Gasteiger partial charge in [0.15, 0.2) is 12.2 Å². The molecule has 0 spiro atoms. The van der Waals surface area contributed by atoms with Crippen molar-refractivity contribution in [1.82, 2.24) is 15.0 Å². The van der Waals surface area contributed by atoms with Crippen molar-refractivity contribution in [3.8, 4) is 0 Å². The number of oxazole rings is 1. The topological polar surface area (TPSA) is 101 Å². The van der Waals surface area contributed by atoms with Crippen LogP contribution in [-0.4, -0.2) is 21.6 Å². The van der Waals surface area contributed by atoms with Crippen LogP contribution in [-0.2, 0) is 11.3 Å². The van der Waals surface area contributed by atoms with Gasteiger partial charge in [-0.1, -0.05) is 20.4 Å². The van der Waals surface area contributed by atoms with Gasteiger partial charge >= 0.3 is 0 Å². The summed E-state index contributed by atoms with van der Waals surface area (Å²) in [5.74, 6) is 0.327. The summed E-state index contributed by atoms with van der Waals surface area (Å²) in [6.07, 6.45) is 4.10. The first-order valence-corrected chi connectivity index (χ1v) is 10.2. The molecule has 0 unspecified atom stereocenters. The fraction of sp³-hybridized carbons (Fsp3) is 0.292. The van der Waals surface area contributed by atoms with E-state index in [-0.39, 0.29) is 17.3 Å². The van der Waals surface area contributed by atoms with Crippen molar-refractivity contribution < 1.29 is 13.5 Å². The van der Waals surface area contributed by atoms with E-state index >= 15 is 0 Å². The second-order valence-corrected chi connectivity index (χ2v) is 8.06. The number of hydrogen-bond acceptors (Lipinski definition) is 5. The monoisotopic (exact) mass is 439 g/mol. The lowest BCUT2D eigenvalue weighted by Gasteiger charge is -2.11. The first-order chi connectivity index (χ1) is 15.2. The lowest BCUT2D eigenvalue weighted by atomic mass is 10.0. The van der Waals surface area contributed by atoms with Crippen molar-refractivity contribution in [3.05, 3.63) is 90.5 Å². The molecule has 0 bridgehead atoms. The highest BCUT2D eigenvalue weighted by Crippen LogP contribution is 2.18. The van der Waals surface area contributed by atoms with E-state index in [0.717, 1.165) is 5.56 Å². The summed E-state index contributed by atoms with van der Waals surface area (Å²) in [4.78, 5) is 34.3. The van der Waals surface area contributed by atoms with Gasteiger partial charge in [0.25, 0.3) is 11.1 Å². The third-order valence-electron chi connectivity index (χ3n) is 4.78. The van der Waals surface area contributed by atoms with E-state index in [1.165, 1.54) is 30.7 Å². The van der Waals surface area contributed by atoms with Crippen molar-refractivity contribution >= 4 is 17.7 Å². The highest BCUT2D eigenvalue weighted by atomic mass is 19.1. The molecular formula is C24H26FN3O4. The first-order valence-electron chi connectivity index (χ1n) is 10.2. The molecular weight excluding hydrogens is 413 g/mol. The van der Waals surface area contributed by atoms with E-state index in [1.54, 1.807) is 6.92 Å². The maximum Gasteiger partial charge on any atom is 0.272 e. The van der Waals surface area contributed by atoms with Gasteiger partial charge < -0.3 is 19.1 Å². The number of benzene rings is 1. The Balaban J connectivity index is 2.04. The molecule has 0 saturated heterocycles. The van der Waals surface area contributed by atoms with Crippen molar-refractivity contribution in [3.63, 3.8) is 0 Å². The summed E-state index contributed by atoms with van der Waals surface area (Å²) in [6, 6.07) is 2.72. The van der Waals surface area contributed by atoms with Gasteiger partial charge in [0, 0.05) is 6.61 Å². The normalized spacial score (nSPS) is 12.7. The van der Waals surface area contributed by atoms with Gasteiger partial charge in [-0.05, 0) is 66.3 Å². The molecule has 0 atom stereocenters. The second-order valence-electron chi connectivity index (χ2n) is 8.06. The van der Waals surface area contributed by atoms with Gasteiger partial charge in [-0.3, -0.25) is 9.59 Å².